The number of aromatic amines is 1. The molecular formula is C14H16ClN3OS. The zero-order valence-corrected chi connectivity index (χ0v) is 12.6. The maximum absolute atomic E-state index is 12.5. The van der Waals surface area contributed by atoms with Crippen LogP contribution in [0.25, 0.3) is 0 Å². The van der Waals surface area contributed by atoms with E-state index in [9.17, 15) is 4.79 Å². The molecule has 1 unspecified atom stereocenters. The summed E-state index contributed by atoms with van der Waals surface area (Å²) in [7, 11) is 0. The van der Waals surface area contributed by atoms with Gasteiger partial charge in [0, 0.05) is 23.8 Å². The molecule has 2 aromatic rings. The fraction of sp³-hybridized carbons (Fsp3) is 0.429. The quantitative estimate of drug-likeness (QED) is 0.944. The van der Waals surface area contributed by atoms with Crippen molar-refractivity contribution in [2.75, 3.05) is 6.54 Å². The lowest BCUT2D eigenvalue weighted by atomic mass is 10.0. The summed E-state index contributed by atoms with van der Waals surface area (Å²) in [5.41, 5.74) is 0. The van der Waals surface area contributed by atoms with Crippen molar-refractivity contribution in [3.05, 3.63) is 39.6 Å². The lowest BCUT2D eigenvalue weighted by Gasteiger charge is -2.34. The predicted octanol–water partition coefficient (Wildman–Crippen LogP) is 3.42. The van der Waals surface area contributed by atoms with Crippen LogP contribution >= 0.6 is 22.9 Å². The van der Waals surface area contributed by atoms with Crippen LogP contribution < -0.4 is 0 Å². The normalized spacial score (nSPS) is 19.2. The SMILES string of the molecule is O=C(Cc1ccc(Cl)s1)N1CCCCC1c1ncc[nH]1. The number of carbonyl (C=O) groups is 1. The Balaban J connectivity index is 1.74. The largest absolute Gasteiger partial charge is 0.347 e. The van der Waals surface area contributed by atoms with Crippen molar-refractivity contribution in [3.63, 3.8) is 0 Å². The summed E-state index contributed by atoms with van der Waals surface area (Å²) in [4.78, 5) is 23.0. The topological polar surface area (TPSA) is 49.0 Å². The number of hydrogen-bond acceptors (Lipinski definition) is 3. The van der Waals surface area contributed by atoms with Crippen LogP contribution in [0.1, 0.15) is 36.0 Å². The second-order valence-electron chi connectivity index (χ2n) is 4.96. The number of imidazole rings is 1. The molecule has 1 fully saturated rings. The summed E-state index contributed by atoms with van der Waals surface area (Å²) < 4.78 is 0.731. The molecule has 3 heterocycles. The Bertz CT molecular complexity index is 581. The van der Waals surface area contributed by atoms with E-state index in [4.69, 9.17) is 11.6 Å². The minimum Gasteiger partial charge on any atom is -0.347 e. The van der Waals surface area contributed by atoms with Gasteiger partial charge in [-0.05, 0) is 31.4 Å². The van der Waals surface area contributed by atoms with E-state index in [2.05, 4.69) is 9.97 Å². The average molecular weight is 310 g/mol. The van der Waals surface area contributed by atoms with Crippen LogP contribution in [0.15, 0.2) is 24.5 Å². The molecule has 0 aromatic carbocycles. The lowest BCUT2D eigenvalue weighted by Crippen LogP contribution is -2.39. The molecule has 6 heteroatoms. The molecule has 0 radical (unpaired) electrons. The summed E-state index contributed by atoms with van der Waals surface area (Å²) >= 11 is 7.39. The Morgan fingerprint density at radius 3 is 3.10 bits per heavy atom. The first-order valence-corrected chi connectivity index (χ1v) is 7.96. The maximum atomic E-state index is 12.5. The molecule has 1 aliphatic rings. The number of H-pyrrole nitrogens is 1. The highest BCUT2D eigenvalue weighted by Crippen LogP contribution is 2.30. The molecule has 1 amide bonds. The van der Waals surface area contributed by atoms with Gasteiger partial charge in [-0.2, -0.15) is 0 Å². The van der Waals surface area contributed by atoms with Crippen LogP contribution in [0.2, 0.25) is 4.34 Å². The molecule has 0 saturated carbocycles. The highest BCUT2D eigenvalue weighted by molar-refractivity contribution is 7.16. The molecule has 106 valence electrons. The van der Waals surface area contributed by atoms with E-state index in [1.165, 1.54) is 11.3 Å². The molecule has 1 aliphatic heterocycles. The van der Waals surface area contributed by atoms with Crippen LogP contribution in [-0.4, -0.2) is 27.3 Å². The van der Waals surface area contributed by atoms with Gasteiger partial charge in [-0.25, -0.2) is 4.98 Å². The fourth-order valence-corrected chi connectivity index (χ4v) is 3.75. The van der Waals surface area contributed by atoms with Crippen molar-refractivity contribution < 1.29 is 4.79 Å². The summed E-state index contributed by atoms with van der Waals surface area (Å²) in [5, 5.41) is 0. The molecule has 0 spiro atoms. The van der Waals surface area contributed by atoms with Gasteiger partial charge in [0.25, 0.3) is 0 Å². The minimum atomic E-state index is 0.0849. The van der Waals surface area contributed by atoms with Crippen LogP contribution in [-0.2, 0) is 11.2 Å². The first-order chi connectivity index (χ1) is 9.74. The molecule has 1 atom stereocenters. The van der Waals surface area contributed by atoms with Gasteiger partial charge in [0.05, 0.1) is 16.8 Å². The summed E-state index contributed by atoms with van der Waals surface area (Å²) in [6.45, 7) is 0.809. The van der Waals surface area contributed by atoms with Crippen molar-refractivity contribution in [1.29, 1.82) is 0 Å². The third-order valence-electron chi connectivity index (χ3n) is 3.61. The first-order valence-electron chi connectivity index (χ1n) is 6.77. The Morgan fingerprint density at radius 2 is 2.40 bits per heavy atom. The van der Waals surface area contributed by atoms with Gasteiger partial charge in [0.2, 0.25) is 5.91 Å². The summed E-state index contributed by atoms with van der Waals surface area (Å²) in [5.74, 6) is 1.05. The summed E-state index contributed by atoms with van der Waals surface area (Å²) in [6, 6.07) is 3.85. The number of halogens is 1. The zero-order valence-electron chi connectivity index (χ0n) is 11.0. The van der Waals surface area contributed by atoms with E-state index < -0.39 is 0 Å². The molecular weight excluding hydrogens is 294 g/mol. The average Bonchev–Trinajstić information content (AvgIpc) is 3.10. The second kappa shape index (κ2) is 5.97. The Labute approximate surface area is 126 Å². The van der Waals surface area contributed by atoms with Gasteiger partial charge in [0.15, 0.2) is 0 Å². The molecule has 4 nitrogen and oxygen atoms in total. The number of carbonyl (C=O) groups excluding carboxylic acids is 1. The number of aromatic nitrogens is 2. The number of amides is 1. The molecule has 2 aromatic heterocycles. The molecule has 0 bridgehead atoms. The van der Waals surface area contributed by atoms with Gasteiger partial charge in [0.1, 0.15) is 5.82 Å². The molecule has 3 rings (SSSR count). The Hall–Kier alpha value is -1.33. The van der Waals surface area contributed by atoms with Gasteiger partial charge in [-0.15, -0.1) is 11.3 Å². The number of thiophene rings is 1. The van der Waals surface area contributed by atoms with Gasteiger partial charge >= 0.3 is 0 Å². The number of nitrogens with zero attached hydrogens (tertiary/aromatic N) is 2. The highest BCUT2D eigenvalue weighted by Gasteiger charge is 2.29. The smallest absolute Gasteiger partial charge is 0.228 e. The molecule has 0 aliphatic carbocycles. The Morgan fingerprint density at radius 1 is 1.50 bits per heavy atom. The van der Waals surface area contributed by atoms with E-state index in [1.54, 1.807) is 6.20 Å². The van der Waals surface area contributed by atoms with Crippen molar-refractivity contribution in [2.24, 2.45) is 0 Å². The highest BCUT2D eigenvalue weighted by atomic mass is 35.5. The number of hydrogen-bond donors (Lipinski definition) is 1. The standard InChI is InChI=1S/C14H16ClN3OS/c15-12-5-4-10(20-12)9-13(19)18-8-2-1-3-11(18)14-16-6-7-17-14/h4-7,11H,1-3,8-9H2,(H,16,17). The van der Waals surface area contributed by atoms with E-state index in [0.717, 1.165) is 40.8 Å². The van der Waals surface area contributed by atoms with Gasteiger partial charge < -0.3 is 9.88 Å². The van der Waals surface area contributed by atoms with Crippen LogP contribution in [0, 0.1) is 0 Å². The van der Waals surface area contributed by atoms with E-state index in [1.807, 2.05) is 23.2 Å². The second-order valence-corrected chi connectivity index (χ2v) is 6.76. The number of piperidine rings is 1. The third-order valence-corrected chi connectivity index (χ3v) is 4.84. The molecule has 20 heavy (non-hydrogen) atoms. The number of nitrogens with one attached hydrogen (secondary N) is 1. The fourth-order valence-electron chi connectivity index (χ4n) is 2.67. The Kier molecular flexibility index (Phi) is 4.08. The van der Waals surface area contributed by atoms with Crippen molar-refractivity contribution in [1.82, 2.24) is 14.9 Å². The zero-order chi connectivity index (χ0) is 13.9. The van der Waals surface area contributed by atoms with Crippen molar-refractivity contribution in [3.8, 4) is 0 Å². The van der Waals surface area contributed by atoms with E-state index in [-0.39, 0.29) is 11.9 Å². The van der Waals surface area contributed by atoms with Crippen LogP contribution in [0.3, 0.4) is 0 Å². The molecule has 1 N–H and O–H groups in total. The van der Waals surface area contributed by atoms with Gasteiger partial charge in [-0.1, -0.05) is 11.6 Å². The molecule has 1 saturated heterocycles. The lowest BCUT2D eigenvalue weighted by molar-refractivity contribution is -0.134. The van der Waals surface area contributed by atoms with Gasteiger partial charge in [-0.3, -0.25) is 4.79 Å². The monoisotopic (exact) mass is 309 g/mol. The maximum Gasteiger partial charge on any atom is 0.228 e. The van der Waals surface area contributed by atoms with Crippen molar-refractivity contribution >= 4 is 28.8 Å². The third kappa shape index (κ3) is 2.88. The summed E-state index contributed by atoms with van der Waals surface area (Å²) in [6.07, 6.45) is 7.16. The minimum absolute atomic E-state index is 0.0849. The first kappa shape index (κ1) is 13.6. The van der Waals surface area contributed by atoms with Crippen LogP contribution in [0.4, 0.5) is 0 Å². The van der Waals surface area contributed by atoms with Crippen molar-refractivity contribution in [2.45, 2.75) is 31.7 Å². The van der Waals surface area contributed by atoms with E-state index in [0.29, 0.717) is 6.42 Å². The number of likely N-dealkylation sites (tertiary alicyclic amines) is 1. The van der Waals surface area contributed by atoms with Crippen LogP contribution in [0.5, 0.6) is 0 Å². The predicted molar refractivity (Wildman–Crippen MR) is 79.9 cm³/mol. The van der Waals surface area contributed by atoms with E-state index >= 15 is 0 Å². The number of rotatable bonds is 3.